The molecule has 1 saturated carbocycles. The summed E-state index contributed by atoms with van der Waals surface area (Å²) in [5.41, 5.74) is 1.37. The van der Waals surface area contributed by atoms with Crippen LogP contribution in [0.2, 0.25) is 0 Å². The van der Waals surface area contributed by atoms with Crippen molar-refractivity contribution in [3.8, 4) is 0 Å². The van der Waals surface area contributed by atoms with Gasteiger partial charge in [0, 0.05) is 31.0 Å². The highest BCUT2D eigenvalue weighted by atomic mass is 32.1. The number of thiazole rings is 1. The van der Waals surface area contributed by atoms with Crippen LogP contribution in [0.4, 0.5) is 0 Å². The van der Waals surface area contributed by atoms with Crippen LogP contribution in [0, 0.1) is 0 Å². The fourth-order valence-electron chi connectivity index (χ4n) is 1.74. The van der Waals surface area contributed by atoms with Crippen molar-refractivity contribution >= 4 is 11.3 Å². The second kappa shape index (κ2) is 5.75. The lowest BCUT2D eigenvalue weighted by molar-refractivity contribution is 0.199. The number of nitrogens with zero attached hydrogens (tertiary/aromatic N) is 1. The molecule has 0 unspecified atom stereocenters. The number of ether oxygens (including phenoxy) is 1. The highest BCUT2D eigenvalue weighted by Crippen LogP contribution is 2.42. The van der Waals surface area contributed by atoms with Crippen molar-refractivity contribution in [2.24, 2.45) is 0 Å². The molecule has 0 spiro atoms. The second-order valence-electron chi connectivity index (χ2n) is 4.21. The molecule has 0 amide bonds. The molecule has 1 fully saturated rings. The molecule has 1 aliphatic rings. The van der Waals surface area contributed by atoms with Crippen molar-refractivity contribution in [3.05, 3.63) is 15.6 Å². The summed E-state index contributed by atoms with van der Waals surface area (Å²) in [4.78, 5) is 6.18. The number of nitrogens with one attached hydrogen (secondary N) is 1. The minimum absolute atomic E-state index is 0.760. The van der Waals surface area contributed by atoms with E-state index >= 15 is 0 Å². The molecule has 0 radical (unpaired) electrons. The van der Waals surface area contributed by atoms with E-state index in [1.54, 1.807) is 7.11 Å². The maximum atomic E-state index is 5.02. The summed E-state index contributed by atoms with van der Waals surface area (Å²) >= 11 is 1.87. The molecule has 1 N–H and O–H groups in total. The first-order chi connectivity index (χ1) is 7.85. The average Bonchev–Trinajstić information content (AvgIpc) is 3.06. The van der Waals surface area contributed by atoms with Crippen molar-refractivity contribution < 1.29 is 4.74 Å². The lowest BCUT2D eigenvalue weighted by atomic mass is 10.2. The predicted octanol–water partition coefficient (Wildman–Crippen LogP) is 2.32. The molecule has 0 bridgehead atoms. The smallest absolute Gasteiger partial charge is 0.0929 e. The number of hydrogen-bond donors (Lipinski definition) is 1. The highest BCUT2D eigenvalue weighted by molar-refractivity contribution is 7.11. The Bertz CT molecular complexity index is 334. The number of aromatic nitrogens is 1. The van der Waals surface area contributed by atoms with Gasteiger partial charge in [-0.25, -0.2) is 4.98 Å². The first-order valence-corrected chi connectivity index (χ1v) is 6.85. The van der Waals surface area contributed by atoms with Crippen LogP contribution in [-0.2, 0) is 17.7 Å². The van der Waals surface area contributed by atoms with Crippen LogP contribution in [0.15, 0.2) is 0 Å². The van der Waals surface area contributed by atoms with E-state index < -0.39 is 0 Å². The minimum atomic E-state index is 0.760. The monoisotopic (exact) mass is 240 g/mol. The first kappa shape index (κ1) is 12.0. The van der Waals surface area contributed by atoms with E-state index in [1.165, 1.54) is 28.4 Å². The highest BCUT2D eigenvalue weighted by Gasteiger charge is 2.29. The summed E-state index contributed by atoms with van der Waals surface area (Å²) in [6.45, 7) is 4.82. The third-order valence-electron chi connectivity index (χ3n) is 2.81. The van der Waals surface area contributed by atoms with Gasteiger partial charge in [-0.3, -0.25) is 0 Å². The Balaban J connectivity index is 1.92. The van der Waals surface area contributed by atoms with Crippen LogP contribution in [0.25, 0.3) is 0 Å². The van der Waals surface area contributed by atoms with E-state index in [0.717, 1.165) is 32.0 Å². The SMILES string of the molecule is CCc1nc(C2CC2)c(CNCCOC)s1. The summed E-state index contributed by atoms with van der Waals surface area (Å²) in [7, 11) is 1.74. The summed E-state index contributed by atoms with van der Waals surface area (Å²) in [6, 6.07) is 0. The molecular weight excluding hydrogens is 220 g/mol. The molecule has 0 saturated heterocycles. The third-order valence-corrected chi connectivity index (χ3v) is 4.02. The van der Waals surface area contributed by atoms with E-state index in [4.69, 9.17) is 9.72 Å². The Morgan fingerprint density at radius 1 is 1.50 bits per heavy atom. The molecule has 1 heterocycles. The first-order valence-electron chi connectivity index (χ1n) is 6.03. The molecule has 1 aromatic rings. The number of rotatable bonds is 7. The Morgan fingerprint density at radius 3 is 2.94 bits per heavy atom. The van der Waals surface area contributed by atoms with E-state index in [1.807, 2.05) is 11.3 Å². The van der Waals surface area contributed by atoms with Crippen LogP contribution < -0.4 is 5.32 Å². The van der Waals surface area contributed by atoms with Gasteiger partial charge >= 0.3 is 0 Å². The second-order valence-corrected chi connectivity index (χ2v) is 5.38. The number of hydrogen-bond acceptors (Lipinski definition) is 4. The van der Waals surface area contributed by atoms with Gasteiger partial charge < -0.3 is 10.1 Å². The molecule has 2 rings (SSSR count). The van der Waals surface area contributed by atoms with Crippen LogP contribution >= 0.6 is 11.3 Å². The van der Waals surface area contributed by atoms with Crippen molar-refractivity contribution in [2.75, 3.05) is 20.3 Å². The molecule has 3 nitrogen and oxygen atoms in total. The van der Waals surface area contributed by atoms with Gasteiger partial charge in [-0.1, -0.05) is 6.92 Å². The topological polar surface area (TPSA) is 34.2 Å². The molecule has 16 heavy (non-hydrogen) atoms. The van der Waals surface area contributed by atoms with Gasteiger partial charge in [0.05, 0.1) is 17.3 Å². The molecule has 0 atom stereocenters. The molecule has 90 valence electrons. The van der Waals surface area contributed by atoms with Crippen LogP contribution in [-0.4, -0.2) is 25.2 Å². The van der Waals surface area contributed by atoms with Gasteiger partial charge in [0.2, 0.25) is 0 Å². The van der Waals surface area contributed by atoms with Gasteiger partial charge in [0.15, 0.2) is 0 Å². The Kier molecular flexibility index (Phi) is 4.32. The van der Waals surface area contributed by atoms with Gasteiger partial charge in [-0.2, -0.15) is 0 Å². The predicted molar refractivity (Wildman–Crippen MR) is 67.0 cm³/mol. The van der Waals surface area contributed by atoms with Crippen LogP contribution in [0.3, 0.4) is 0 Å². The normalized spacial score (nSPS) is 15.6. The van der Waals surface area contributed by atoms with E-state index in [-0.39, 0.29) is 0 Å². The number of aryl methyl sites for hydroxylation is 1. The molecule has 1 aliphatic carbocycles. The fraction of sp³-hybridized carbons (Fsp3) is 0.750. The largest absolute Gasteiger partial charge is 0.383 e. The van der Waals surface area contributed by atoms with Crippen molar-refractivity contribution in [2.45, 2.75) is 38.6 Å². The fourth-order valence-corrected chi connectivity index (χ4v) is 2.81. The van der Waals surface area contributed by atoms with Crippen molar-refractivity contribution in [3.63, 3.8) is 0 Å². The lowest BCUT2D eigenvalue weighted by Crippen LogP contribution is -2.18. The zero-order chi connectivity index (χ0) is 11.4. The van der Waals surface area contributed by atoms with Crippen LogP contribution in [0.1, 0.15) is 41.3 Å². The van der Waals surface area contributed by atoms with Gasteiger partial charge in [0.25, 0.3) is 0 Å². The number of methoxy groups -OCH3 is 1. The van der Waals surface area contributed by atoms with E-state index in [0.29, 0.717) is 0 Å². The summed E-state index contributed by atoms with van der Waals surface area (Å²) in [5, 5.41) is 4.69. The van der Waals surface area contributed by atoms with Crippen LogP contribution in [0.5, 0.6) is 0 Å². The van der Waals surface area contributed by atoms with E-state index in [9.17, 15) is 0 Å². The maximum Gasteiger partial charge on any atom is 0.0929 e. The van der Waals surface area contributed by atoms with Crippen molar-refractivity contribution in [1.29, 1.82) is 0 Å². The molecule has 0 aliphatic heterocycles. The third kappa shape index (κ3) is 3.03. The zero-order valence-electron chi connectivity index (χ0n) is 10.1. The summed E-state index contributed by atoms with van der Waals surface area (Å²) in [5.74, 6) is 0.760. The Morgan fingerprint density at radius 2 is 2.31 bits per heavy atom. The molecule has 1 aromatic heterocycles. The lowest BCUT2D eigenvalue weighted by Gasteiger charge is -2.03. The quantitative estimate of drug-likeness (QED) is 0.743. The Labute approximate surface area is 101 Å². The van der Waals surface area contributed by atoms with E-state index in [2.05, 4.69) is 12.2 Å². The molecular formula is C12H20N2OS. The standard InChI is InChI=1S/C12H20N2OS/c1-3-11-14-12(9-4-5-9)10(16-11)8-13-6-7-15-2/h9,13H,3-8H2,1-2H3. The minimum Gasteiger partial charge on any atom is -0.383 e. The summed E-state index contributed by atoms with van der Waals surface area (Å²) in [6.07, 6.45) is 3.72. The zero-order valence-corrected chi connectivity index (χ0v) is 10.9. The van der Waals surface area contributed by atoms with Gasteiger partial charge in [0.1, 0.15) is 0 Å². The van der Waals surface area contributed by atoms with Crippen molar-refractivity contribution in [1.82, 2.24) is 10.3 Å². The van der Waals surface area contributed by atoms with Gasteiger partial charge in [-0.15, -0.1) is 11.3 Å². The van der Waals surface area contributed by atoms with Gasteiger partial charge in [-0.05, 0) is 19.3 Å². The average molecular weight is 240 g/mol. The Hall–Kier alpha value is -0.450. The molecule has 4 heteroatoms. The molecule has 0 aromatic carbocycles. The maximum absolute atomic E-state index is 5.02. The summed E-state index contributed by atoms with van der Waals surface area (Å²) < 4.78 is 5.02.